The normalized spacial score (nSPS) is 10.8. The summed E-state index contributed by atoms with van der Waals surface area (Å²) in [5, 5.41) is 3.70. The molecular formula is C14H18N2O3. The maximum atomic E-state index is 5.60. The van der Waals surface area contributed by atoms with Crippen LogP contribution in [-0.2, 0) is 0 Å². The van der Waals surface area contributed by atoms with Crippen molar-refractivity contribution in [1.29, 1.82) is 0 Å². The SMILES string of the molecule is COc1cc(C(C)C)cc(-c2cc(N)no2)c1OC. The Morgan fingerprint density at radius 1 is 1.16 bits per heavy atom. The molecule has 0 saturated heterocycles. The molecule has 0 aliphatic carbocycles. The highest BCUT2D eigenvalue weighted by Gasteiger charge is 2.18. The van der Waals surface area contributed by atoms with E-state index < -0.39 is 0 Å². The molecule has 1 aromatic carbocycles. The zero-order valence-electron chi connectivity index (χ0n) is 11.6. The number of nitrogens with zero attached hydrogens (tertiary/aromatic N) is 1. The predicted molar refractivity (Wildman–Crippen MR) is 73.5 cm³/mol. The van der Waals surface area contributed by atoms with Gasteiger partial charge in [0.1, 0.15) is 0 Å². The fraction of sp³-hybridized carbons (Fsp3) is 0.357. The van der Waals surface area contributed by atoms with E-state index in [1.165, 1.54) is 0 Å². The lowest BCUT2D eigenvalue weighted by Gasteiger charge is -2.15. The average molecular weight is 262 g/mol. The van der Waals surface area contributed by atoms with Gasteiger partial charge in [0, 0.05) is 6.07 Å². The standard InChI is InChI=1S/C14H18N2O3/c1-8(2)9-5-10(11-7-13(15)16-19-11)14(18-4)12(6-9)17-3/h5-8H,1-4H3,(H2,15,16). The Kier molecular flexibility index (Phi) is 3.64. The first-order valence-corrected chi connectivity index (χ1v) is 6.05. The molecule has 0 amide bonds. The van der Waals surface area contributed by atoms with Gasteiger partial charge in [-0.05, 0) is 23.6 Å². The first-order valence-electron chi connectivity index (χ1n) is 6.05. The minimum absolute atomic E-state index is 0.339. The Morgan fingerprint density at radius 3 is 2.37 bits per heavy atom. The van der Waals surface area contributed by atoms with Gasteiger partial charge >= 0.3 is 0 Å². The zero-order valence-corrected chi connectivity index (χ0v) is 11.6. The summed E-state index contributed by atoms with van der Waals surface area (Å²) in [5.41, 5.74) is 7.51. The van der Waals surface area contributed by atoms with Gasteiger partial charge in [-0.15, -0.1) is 0 Å². The van der Waals surface area contributed by atoms with E-state index in [0.29, 0.717) is 29.0 Å². The van der Waals surface area contributed by atoms with Gasteiger partial charge in [-0.2, -0.15) is 0 Å². The third-order valence-corrected chi connectivity index (χ3v) is 2.96. The van der Waals surface area contributed by atoms with Crippen molar-refractivity contribution >= 4 is 5.82 Å². The highest BCUT2D eigenvalue weighted by atomic mass is 16.5. The highest BCUT2D eigenvalue weighted by Crippen LogP contribution is 2.41. The third kappa shape index (κ3) is 2.50. The van der Waals surface area contributed by atoms with Crippen LogP contribution in [0.1, 0.15) is 25.3 Å². The summed E-state index contributed by atoms with van der Waals surface area (Å²) in [5.74, 6) is 2.54. The van der Waals surface area contributed by atoms with E-state index in [1.807, 2.05) is 12.1 Å². The van der Waals surface area contributed by atoms with Crippen LogP contribution in [0.5, 0.6) is 11.5 Å². The van der Waals surface area contributed by atoms with Crippen molar-refractivity contribution in [3.05, 3.63) is 23.8 Å². The van der Waals surface area contributed by atoms with E-state index >= 15 is 0 Å². The second kappa shape index (κ2) is 5.22. The van der Waals surface area contributed by atoms with Crippen LogP contribution in [0.4, 0.5) is 5.82 Å². The fourth-order valence-electron chi connectivity index (χ4n) is 1.92. The van der Waals surface area contributed by atoms with Crippen molar-refractivity contribution in [1.82, 2.24) is 5.16 Å². The number of nitrogen functional groups attached to an aromatic ring is 1. The predicted octanol–water partition coefficient (Wildman–Crippen LogP) is 3.06. The third-order valence-electron chi connectivity index (χ3n) is 2.96. The van der Waals surface area contributed by atoms with E-state index in [-0.39, 0.29) is 0 Å². The van der Waals surface area contributed by atoms with Gasteiger partial charge in [-0.25, -0.2) is 0 Å². The first kappa shape index (κ1) is 13.3. The van der Waals surface area contributed by atoms with Crippen molar-refractivity contribution in [2.24, 2.45) is 0 Å². The molecule has 0 unspecified atom stereocenters. The molecule has 2 rings (SSSR count). The lowest BCUT2D eigenvalue weighted by molar-refractivity contribution is 0.353. The number of aromatic nitrogens is 1. The van der Waals surface area contributed by atoms with Gasteiger partial charge < -0.3 is 19.7 Å². The second-order valence-electron chi connectivity index (χ2n) is 4.57. The van der Waals surface area contributed by atoms with Gasteiger partial charge in [-0.1, -0.05) is 19.0 Å². The number of hydrogen-bond acceptors (Lipinski definition) is 5. The van der Waals surface area contributed by atoms with Crippen LogP contribution in [0.2, 0.25) is 0 Å². The minimum Gasteiger partial charge on any atom is -0.493 e. The summed E-state index contributed by atoms with van der Waals surface area (Å²) in [6, 6.07) is 5.64. The number of hydrogen-bond donors (Lipinski definition) is 1. The van der Waals surface area contributed by atoms with E-state index in [0.717, 1.165) is 11.1 Å². The van der Waals surface area contributed by atoms with Crippen molar-refractivity contribution in [3.63, 3.8) is 0 Å². The summed E-state index contributed by atoms with van der Waals surface area (Å²) < 4.78 is 16.0. The van der Waals surface area contributed by atoms with Crippen LogP contribution in [-0.4, -0.2) is 19.4 Å². The molecule has 0 spiro atoms. The molecular weight excluding hydrogens is 244 g/mol. The van der Waals surface area contributed by atoms with Crippen molar-refractivity contribution in [3.8, 4) is 22.8 Å². The summed E-state index contributed by atoms with van der Waals surface area (Å²) in [7, 11) is 3.20. The second-order valence-corrected chi connectivity index (χ2v) is 4.57. The first-order chi connectivity index (χ1) is 9.06. The average Bonchev–Trinajstić information content (AvgIpc) is 2.83. The molecule has 0 aliphatic rings. The van der Waals surface area contributed by atoms with Gasteiger partial charge in [-0.3, -0.25) is 0 Å². The highest BCUT2D eigenvalue weighted by molar-refractivity contribution is 5.72. The van der Waals surface area contributed by atoms with Gasteiger partial charge in [0.25, 0.3) is 0 Å². The molecule has 102 valence electrons. The van der Waals surface area contributed by atoms with Gasteiger partial charge in [0.2, 0.25) is 0 Å². The Balaban J connectivity index is 2.65. The smallest absolute Gasteiger partial charge is 0.172 e. The zero-order chi connectivity index (χ0) is 14.0. The monoisotopic (exact) mass is 262 g/mol. The molecule has 0 saturated carbocycles. The molecule has 1 aromatic heterocycles. The number of nitrogens with two attached hydrogens (primary N) is 1. The quantitative estimate of drug-likeness (QED) is 0.916. The van der Waals surface area contributed by atoms with Crippen molar-refractivity contribution in [2.75, 3.05) is 20.0 Å². The topological polar surface area (TPSA) is 70.5 Å². The van der Waals surface area contributed by atoms with Crippen molar-refractivity contribution in [2.45, 2.75) is 19.8 Å². The molecule has 0 bridgehead atoms. The van der Waals surface area contributed by atoms with E-state index in [1.54, 1.807) is 20.3 Å². The maximum absolute atomic E-state index is 5.60. The van der Waals surface area contributed by atoms with E-state index in [4.69, 9.17) is 19.7 Å². The van der Waals surface area contributed by atoms with Gasteiger partial charge in [0.15, 0.2) is 23.1 Å². The lowest BCUT2D eigenvalue weighted by Crippen LogP contribution is -1.97. The van der Waals surface area contributed by atoms with Crippen LogP contribution in [0, 0.1) is 0 Å². The molecule has 19 heavy (non-hydrogen) atoms. The lowest BCUT2D eigenvalue weighted by atomic mass is 9.98. The Labute approximate surface area is 112 Å². The molecule has 0 fully saturated rings. The Bertz CT molecular complexity index is 576. The number of anilines is 1. The molecule has 0 atom stereocenters. The van der Waals surface area contributed by atoms with E-state index in [9.17, 15) is 0 Å². The number of rotatable bonds is 4. The van der Waals surface area contributed by atoms with Crippen molar-refractivity contribution < 1.29 is 14.0 Å². The van der Waals surface area contributed by atoms with Crippen LogP contribution in [0.15, 0.2) is 22.7 Å². The Morgan fingerprint density at radius 2 is 1.89 bits per heavy atom. The van der Waals surface area contributed by atoms with Crippen LogP contribution < -0.4 is 15.2 Å². The largest absolute Gasteiger partial charge is 0.493 e. The van der Waals surface area contributed by atoms with E-state index in [2.05, 4.69) is 19.0 Å². The molecule has 2 aromatic rings. The molecule has 0 radical (unpaired) electrons. The van der Waals surface area contributed by atoms with Crippen LogP contribution >= 0.6 is 0 Å². The molecule has 1 heterocycles. The minimum atomic E-state index is 0.339. The number of benzene rings is 1. The summed E-state index contributed by atoms with van der Waals surface area (Å²) in [6.07, 6.45) is 0. The fourth-order valence-corrected chi connectivity index (χ4v) is 1.92. The van der Waals surface area contributed by atoms with Crippen LogP contribution in [0.25, 0.3) is 11.3 Å². The molecule has 5 nitrogen and oxygen atoms in total. The number of methoxy groups -OCH3 is 2. The summed E-state index contributed by atoms with van der Waals surface area (Å²) in [6.45, 7) is 4.22. The molecule has 2 N–H and O–H groups in total. The molecule has 5 heteroatoms. The molecule has 0 aliphatic heterocycles. The Hall–Kier alpha value is -2.17. The maximum Gasteiger partial charge on any atom is 0.172 e. The van der Waals surface area contributed by atoms with Crippen LogP contribution in [0.3, 0.4) is 0 Å². The van der Waals surface area contributed by atoms with Gasteiger partial charge in [0.05, 0.1) is 19.8 Å². The number of ether oxygens (including phenoxy) is 2. The summed E-state index contributed by atoms with van der Waals surface area (Å²) >= 11 is 0. The summed E-state index contributed by atoms with van der Waals surface area (Å²) in [4.78, 5) is 0.